The Kier molecular flexibility index (Phi) is 6.01. The molecule has 7 heteroatoms. The molecule has 2 N–H and O–H groups in total. The van der Waals surface area contributed by atoms with Crippen molar-refractivity contribution >= 4 is 27.8 Å². The number of carbonyl (C=O) groups excluding carboxylic acids is 1. The second kappa shape index (κ2) is 8.88. The molecule has 4 aromatic rings. The second-order valence-corrected chi connectivity index (χ2v) is 7.76. The third-order valence-corrected chi connectivity index (χ3v) is 5.51. The van der Waals surface area contributed by atoms with Gasteiger partial charge in [0.2, 0.25) is 5.91 Å². The maximum atomic E-state index is 12.7. The highest BCUT2D eigenvalue weighted by Crippen LogP contribution is 2.40. The summed E-state index contributed by atoms with van der Waals surface area (Å²) in [6, 6.07) is 10.7. The van der Waals surface area contributed by atoms with Crippen LogP contribution in [0.2, 0.25) is 0 Å². The first-order valence-electron chi connectivity index (χ1n) is 10.4. The van der Waals surface area contributed by atoms with E-state index in [2.05, 4.69) is 5.32 Å². The first-order valence-corrected chi connectivity index (χ1v) is 10.4. The summed E-state index contributed by atoms with van der Waals surface area (Å²) in [6.45, 7) is 4.16. The van der Waals surface area contributed by atoms with Crippen molar-refractivity contribution in [3.8, 4) is 17.1 Å². The summed E-state index contributed by atoms with van der Waals surface area (Å²) >= 11 is 0. The minimum atomic E-state index is -0.417. The maximum Gasteiger partial charge on any atom is 0.336 e. The number of aryl methyl sites for hydroxylation is 2. The van der Waals surface area contributed by atoms with Crippen molar-refractivity contribution in [2.24, 2.45) is 0 Å². The average molecular weight is 435 g/mol. The lowest BCUT2D eigenvalue weighted by atomic mass is 9.97. The Morgan fingerprint density at radius 1 is 1.06 bits per heavy atom. The Labute approximate surface area is 184 Å². The molecule has 0 fully saturated rings. The number of ether oxygens (including phenoxy) is 1. The molecule has 166 valence electrons. The number of carbonyl (C=O) groups is 1. The lowest BCUT2D eigenvalue weighted by molar-refractivity contribution is -0.120. The summed E-state index contributed by atoms with van der Waals surface area (Å²) < 4.78 is 17.1. The normalized spacial score (nSPS) is 11.2. The van der Waals surface area contributed by atoms with Crippen molar-refractivity contribution in [2.45, 2.75) is 26.7 Å². The fourth-order valence-electron chi connectivity index (χ4n) is 4.03. The molecule has 2 aromatic carbocycles. The zero-order chi connectivity index (χ0) is 22.8. The highest BCUT2D eigenvalue weighted by Gasteiger charge is 2.23. The van der Waals surface area contributed by atoms with Crippen LogP contribution < -0.4 is 15.7 Å². The van der Waals surface area contributed by atoms with Crippen LogP contribution in [0.15, 0.2) is 50.0 Å². The number of hydrogen-bond acceptors (Lipinski definition) is 6. The summed E-state index contributed by atoms with van der Waals surface area (Å²) in [5, 5.41) is 13.4. The van der Waals surface area contributed by atoms with E-state index in [9.17, 15) is 9.59 Å². The Balaban J connectivity index is 1.95. The van der Waals surface area contributed by atoms with Gasteiger partial charge in [-0.2, -0.15) is 0 Å². The van der Waals surface area contributed by atoms with Gasteiger partial charge in [-0.25, -0.2) is 4.79 Å². The van der Waals surface area contributed by atoms with Crippen LogP contribution in [-0.2, 0) is 11.2 Å². The van der Waals surface area contributed by atoms with Crippen molar-refractivity contribution in [3.63, 3.8) is 0 Å². The molecule has 0 aliphatic heterocycles. The van der Waals surface area contributed by atoms with Gasteiger partial charge in [0.25, 0.3) is 0 Å². The fourth-order valence-corrected chi connectivity index (χ4v) is 4.03. The topological polar surface area (TPSA) is 102 Å². The Morgan fingerprint density at radius 2 is 1.78 bits per heavy atom. The predicted octanol–water partition coefficient (Wildman–Crippen LogP) is 3.87. The minimum absolute atomic E-state index is 0.0155. The molecule has 0 spiro atoms. The third kappa shape index (κ3) is 3.99. The van der Waals surface area contributed by atoms with Crippen molar-refractivity contribution in [2.75, 3.05) is 20.3 Å². The number of methoxy groups -OCH3 is 1. The number of furan rings is 1. The Bertz CT molecular complexity index is 1350. The van der Waals surface area contributed by atoms with E-state index in [1.165, 1.54) is 6.07 Å². The van der Waals surface area contributed by atoms with Crippen LogP contribution in [0.3, 0.4) is 0 Å². The molecule has 7 nitrogen and oxygen atoms in total. The molecule has 1 amide bonds. The number of amides is 1. The summed E-state index contributed by atoms with van der Waals surface area (Å²) in [5.41, 5.74) is 3.79. The van der Waals surface area contributed by atoms with Gasteiger partial charge in [0.05, 0.1) is 18.9 Å². The van der Waals surface area contributed by atoms with Crippen molar-refractivity contribution in [1.82, 2.24) is 5.32 Å². The molecule has 0 radical (unpaired) electrons. The molecule has 0 saturated carbocycles. The summed E-state index contributed by atoms with van der Waals surface area (Å²) in [6.07, 6.45) is 0.604. The highest BCUT2D eigenvalue weighted by atomic mass is 16.5. The van der Waals surface area contributed by atoms with Crippen molar-refractivity contribution in [3.05, 3.63) is 63.5 Å². The van der Waals surface area contributed by atoms with Crippen molar-refractivity contribution in [1.29, 1.82) is 0 Å². The van der Waals surface area contributed by atoms with Gasteiger partial charge in [0.15, 0.2) is 0 Å². The van der Waals surface area contributed by atoms with E-state index < -0.39 is 5.63 Å². The quantitative estimate of drug-likeness (QED) is 0.338. The van der Waals surface area contributed by atoms with Gasteiger partial charge in [-0.1, -0.05) is 0 Å². The number of benzene rings is 2. The van der Waals surface area contributed by atoms with Crippen LogP contribution in [0.25, 0.3) is 33.3 Å². The first-order chi connectivity index (χ1) is 15.4. The molecule has 0 aliphatic rings. The summed E-state index contributed by atoms with van der Waals surface area (Å²) in [7, 11) is 1.60. The molecule has 0 unspecified atom stereocenters. The van der Waals surface area contributed by atoms with Gasteiger partial charge < -0.3 is 24.0 Å². The Hall–Kier alpha value is -3.58. The van der Waals surface area contributed by atoms with Crippen LogP contribution in [0.5, 0.6) is 5.75 Å². The number of rotatable bonds is 7. The van der Waals surface area contributed by atoms with E-state index in [1.54, 1.807) is 7.11 Å². The molecular formula is C25H25NO6. The van der Waals surface area contributed by atoms with E-state index in [-0.39, 0.29) is 18.9 Å². The summed E-state index contributed by atoms with van der Waals surface area (Å²) in [4.78, 5) is 24.6. The Morgan fingerprint density at radius 3 is 2.47 bits per heavy atom. The zero-order valence-corrected chi connectivity index (χ0v) is 18.3. The standard InChI is InChI=1S/C25H25NO6/c1-14-11-19-23(15(2)12-21(29)31-19)25-22(14)18(13-20(28)26-9-4-10-27)24(32-25)16-5-7-17(30-3)8-6-16/h5-8,11-12,27H,4,9-10,13H2,1-3H3,(H,26,28). The zero-order valence-electron chi connectivity index (χ0n) is 18.3. The predicted molar refractivity (Wildman–Crippen MR) is 122 cm³/mol. The molecular weight excluding hydrogens is 410 g/mol. The van der Waals surface area contributed by atoms with E-state index in [4.69, 9.17) is 18.7 Å². The van der Waals surface area contributed by atoms with Gasteiger partial charge >= 0.3 is 5.63 Å². The molecule has 0 atom stereocenters. The van der Waals surface area contributed by atoms with Crippen LogP contribution in [-0.4, -0.2) is 31.3 Å². The fraction of sp³-hybridized carbons (Fsp3) is 0.280. The van der Waals surface area contributed by atoms with Gasteiger partial charge in [0, 0.05) is 35.7 Å². The van der Waals surface area contributed by atoms with Crippen molar-refractivity contribution < 1.29 is 23.5 Å². The lowest BCUT2D eigenvalue weighted by Crippen LogP contribution is -2.26. The SMILES string of the molecule is COc1ccc(-c2oc3c(c(C)cc4oc(=O)cc(C)c43)c2CC(=O)NCCCO)cc1. The monoisotopic (exact) mass is 435 g/mol. The van der Waals surface area contributed by atoms with Crippen LogP contribution in [0, 0.1) is 13.8 Å². The molecule has 0 aliphatic carbocycles. The minimum Gasteiger partial charge on any atom is -0.497 e. The number of aliphatic hydroxyl groups is 1. The van der Waals surface area contributed by atoms with E-state index in [1.807, 2.05) is 44.2 Å². The number of fused-ring (bicyclic) bond motifs is 3. The molecule has 0 saturated heterocycles. The van der Waals surface area contributed by atoms with Crippen LogP contribution in [0.4, 0.5) is 0 Å². The molecule has 2 aromatic heterocycles. The number of hydrogen-bond donors (Lipinski definition) is 2. The molecule has 2 heterocycles. The molecule has 0 bridgehead atoms. The lowest BCUT2D eigenvalue weighted by Gasteiger charge is -2.08. The largest absolute Gasteiger partial charge is 0.497 e. The maximum absolute atomic E-state index is 12.7. The number of aliphatic hydroxyl groups excluding tert-OH is 1. The smallest absolute Gasteiger partial charge is 0.336 e. The number of nitrogens with one attached hydrogen (secondary N) is 1. The van der Waals surface area contributed by atoms with E-state index in [0.29, 0.717) is 41.0 Å². The molecule has 32 heavy (non-hydrogen) atoms. The average Bonchev–Trinajstić information content (AvgIpc) is 3.13. The third-order valence-electron chi connectivity index (χ3n) is 5.51. The summed E-state index contributed by atoms with van der Waals surface area (Å²) in [5.74, 6) is 1.14. The second-order valence-electron chi connectivity index (χ2n) is 7.76. The van der Waals surface area contributed by atoms with Crippen LogP contribution >= 0.6 is 0 Å². The first kappa shape index (κ1) is 21.6. The van der Waals surface area contributed by atoms with E-state index >= 15 is 0 Å². The van der Waals surface area contributed by atoms with Gasteiger partial charge in [-0.05, 0) is 61.7 Å². The van der Waals surface area contributed by atoms with Gasteiger partial charge in [0.1, 0.15) is 22.7 Å². The molecule has 4 rings (SSSR count). The van der Waals surface area contributed by atoms with Gasteiger partial charge in [-0.3, -0.25) is 4.79 Å². The highest BCUT2D eigenvalue weighted by molar-refractivity contribution is 6.09. The van der Waals surface area contributed by atoms with E-state index in [0.717, 1.165) is 27.6 Å². The van der Waals surface area contributed by atoms with Gasteiger partial charge in [-0.15, -0.1) is 0 Å². The van der Waals surface area contributed by atoms with Crippen LogP contribution in [0.1, 0.15) is 23.1 Å².